The number of nitrogen functional groups attached to an aromatic ring is 1. The first-order chi connectivity index (χ1) is 16.0. The Morgan fingerprint density at radius 3 is 2.55 bits per heavy atom. The monoisotopic (exact) mass is 452 g/mol. The van der Waals surface area contributed by atoms with Gasteiger partial charge in [0.2, 0.25) is 5.91 Å². The number of carboxylic acids is 1. The number of aromatic nitrogens is 3. The first-order valence-corrected chi connectivity index (χ1v) is 11.7. The Kier molecular flexibility index (Phi) is 7.08. The van der Waals surface area contributed by atoms with E-state index in [0.717, 1.165) is 73.2 Å². The van der Waals surface area contributed by atoms with Crippen LogP contribution in [-0.4, -0.2) is 74.0 Å². The lowest BCUT2D eigenvalue weighted by atomic mass is 10.2. The summed E-state index contributed by atoms with van der Waals surface area (Å²) in [7, 11) is 0. The second-order valence-electron chi connectivity index (χ2n) is 8.61. The molecule has 1 saturated heterocycles. The van der Waals surface area contributed by atoms with Gasteiger partial charge in [-0.05, 0) is 12.5 Å². The Hall–Kier alpha value is -3.20. The van der Waals surface area contributed by atoms with Crippen LogP contribution < -0.4 is 5.73 Å². The number of carbonyl (C=O) groups excluding carboxylic acids is 1. The molecule has 3 N–H and O–H groups in total. The summed E-state index contributed by atoms with van der Waals surface area (Å²) >= 11 is 0. The van der Waals surface area contributed by atoms with E-state index in [2.05, 4.69) is 27.4 Å². The summed E-state index contributed by atoms with van der Waals surface area (Å²) in [6, 6.07) is 8.04. The molecule has 176 valence electrons. The van der Waals surface area contributed by atoms with Crippen molar-refractivity contribution >= 4 is 39.6 Å². The van der Waals surface area contributed by atoms with E-state index in [4.69, 9.17) is 15.8 Å². The Bertz CT molecular complexity index is 1150. The molecule has 33 heavy (non-hydrogen) atoms. The van der Waals surface area contributed by atoms with Crippen molar-refractivity contribution in [3.63, 3.8) is 0 Å². The number of aryl methyl sites for hydroxylation is 1. The first-order valence-electron chi connectivity index (χ1n) is 11.7. The number of rotatable bonds is 9. The summed E-state index contributed by atoms with van der Waals surface area (Å²) in [6.07, 6.45) is 3.00. The summed E-state index contributed by atoms with van der Waals surface area (Å²) < 4.78 is 2.30. The molecule has 1 aliphatic rings. The highest BCUT2D eigenvalue weighted by Crippen LogP contribution is 2.29. The van der Waals surface area contributed by atoms with Crippen LogP contribution in [0, 0.1) is 0 Å². The summed E-state index contributed by atoms with van der Waals surface area (Å²) in [5.41, 5.74) is 8.98. The van der Waals surface area contributed by atoms with E-state index in [1.54, 1.807) is 4.90 Å². The smallest absolute Gasteiger partial charge is 0.303 e. The van der Waals surface area contributed by atoms with Crippen molar-refractivity contribution in [3.8, 4) is 0 Å². The molecule has 4 rings (SSSR count). The fourth-order valence-electron chi connectivity index (χ4n) is 4.51. The van der Waals surface area contributed by atoms with Gasteiger partial charge in [0.15, 0.2) is 5.82 Å². The van der Waals surface area contributed by atoms with E-state index in [1.165, 1.54) is 0 Å². The van der Waals surface area contributed by atoms with Gasteiger partial charge in [0.05, 0.1) is 17.5 Å². The molecule has 0 atom stereocenters. The minimum atomic E-state index is -0.934. The van der Waals surface area contributed by atoms with Crippen LogP contribution in [0.25, 0.3) is 21.9 Å². The van der Waals surface area contributed by atoms with Gasteiger partial charge >= 0.3 is 5.97 Å². The second kappa shape index (κ2) is 10.2. The van der Waals surface area contributed by atoms with Gasteiger partial charge in [-0.15, -0.1) is 0 Å². The molecule has 1 fully saturated rings. The van der Waals surface area contributed by atoms with Gasteiger partial charge in [0.1, 0.15) is 11.3 Å². The van der Waals surface area contributed by atoms with Gasteiger partial charge in [0.25, 0.3) is 0 Å². The average molecular weight is 453 g/mol. The van der Waals surface area contributed by atoms with Crippen molar-refractivity contribution in [1.82, 2.24) is 24.3 Å². The quantitative estimate of drug-likeness (QED) is 0.512. The number of para-hydroxylation sites is 1. The maximum absolute atomic E-state index is 12.2. The number of hydrogen-bond acceptors (Lipinski definition) is 6. The van der Waals surface area contributed by atoms with Gasteiger partial charge in [0, 0.05) is 57.5 Å². The number of unbranched alkanes of at least 4 members (excludes halogenated alkanes) is 1. The van der Waals surface area contributed by atoms with Gasteiger partial charge in [-0.1, -0.05) is 31.5 Å². The SMILES string of the molecule is CCCCc1nc2c(N)nc3ccccc3c2n1CCN1CCN(C(=O)CCC(=O)O)CC1. The van der Waals surface area contributed by atoms with Crippen molar-refractivity contribution in [1.29, 1.82) is 0 Å². The Labute approximate surface area is 193 Å². The zero-order chi connectivity index (χ0) is 23.4. The molecule has 0 unspecified atom stereocenters. The number of anilines is 1. The molecule has 1 aliphatic heterocycles. The third-order valence-electron chi connectivity index (χ3n) is 6.36. The van der Waals surface area contributed by atoms with Gasteiger partial charge < -0.3 is 20.3 Å². The predicted molar refractivity (Wildman–Crippen MR) is 128 cm³/mol. The number of hydrogen-bond donors (Lipinski definition) is 2. The van der Waals surface area contributed by atoms with Crippen LogP contribution in [0.3, 0.4) is 0 Å². The van der Waals surface area contributed by atoms with E-state index in [1.807, 2.05) is 18.2 Å². The van der Waals surface area contributed by atoms with Crippen LogP contribution in [0.4, 0.5) is 5.82 Å². The molecule has 0 bridgehead atoms. The van der Waals surface area contributed by atoms with Crippen LogP contribution in [0.2, 0.25) is 0 Å². The highest BCUT2D eigenvalue weighted by atomic mass is 16.4. The molecule has 9 heteroatoms. The third kappa shape index (κ3) is 5.08. The fraction of sp³-hybridized carbons (Fsp3) is 0.500. The van der Waals surface area contributed by atoms with Gasteiger partial charge in [-0.25, -0.2) is 9.97 Å². The molecular weight excluding hydrogens is 420 g/mol. The molecule has 3 aromatic rings. The molecular formula is C24H32N6O3. The maximum Gasteiger partial charge on any atom is 0.303 e. The molecule has 0 radical (unpaired) electrons. The predicted octanol–water partition coefficient (Wildman–Crippen LogP) is 2.52. The zero-order valence-electron chi connectivity index (χ0n) is 19.2. The Morgan fingerprint density at radius 1 is 1.06 bits per heavy atom. The number of amides is 1. The lowest BCUT2D eigenvalue weighted by Gasteiger charge is -2.35. The van der Waals surface area contributed by atoms with Crippen molar-refractivity contribution in [2.45, 2.75) is 45.6 Å². The molecule has 0 saturated carbocycles. The summed E-state index contributed by atoms with van der Waals surface area (Å²) in [6.45, 7) is 6.63. The average Bonchev–Trinajstić information content (AvgIpc) is 3.19. The third-order valence-corrected chi connectivity index (χ3v) is 6.36. The highest BCUT2D eigenvalue weighted by Gasteiger charge is 2.22. The number of fused-ring (bicyclic) bond motifs is 3. The molecule has 1 aromatic carbocycles. The van der Waals surface area contributed by atoms with Crippen molar-refractivity contribution in [3.05, 3.63) is 30.1 Å². The molecule has 2 aromatic heterocycles. The van der Waals surface area contributed by atoms with Crippen molar-refractivity contribution < 1.29 is 14.7 Å². The van der Waals surface area contributed by atoms with Crippen molar-refractivity contribution in [2.24, 2.45) is 0 Å². The molecule has 0 spiro atoms. The Morgan fingerprint density at radius 2 is 1.82 bits per heavy atom. The van der Waals surface area contributed by atoms with Crippen LogP contribution in [0.5, 0.6) is 0 Å². The highest BCUT2D eigenvalue weighted by molar-refractivity contribution is 6.06. The topological polar surface area (TPSA) is 118 Å². The number of piperazine rings is 1. The second-order valence-corrected chi connectivity index (χ2v) is 8.61. The fourth-order valence-corrected chi connectivity index (χ4v) is 4.51. The van der Waals surface area contributed by atoms with Gasteiger partial charge in [-0.2, -0.15) is 0 Å². The Balaban J connectivity index is 1.50. The van der Waals surface area contributed by atoms with E-state index < -0.39 is 5.97 Å². The summed E-state index contributed by atoms with van der Waals surface area (Å²) in [4.78, 5) is 36.5. The number of benzene rings is 1. The van der Waals surface area contributed by atoms with E-state index >= 15 is 0 Å². The summed E-state index contributed by atoms with van der Waals surface area (Å²) in [5, 5.41) is 9.86. The standard InChI is InChI=1S/C24H32N6O3/c1-2-3-8-19-27-22-23(17-6-4-5-7-18(17)26-24(22)25)30(19)16-13-28-11-14-29(15-12-28)20(31)9-10-21(32)33/h4-7H,2-3,8-16H2,1H3,(H2,25,26)(H,32,33). The number of aliphatic carboxylic acids is 1. The zero-order valence-corrected chi connectivity index (χ0v) is 19.2. The number of nitrogens with two attached hydrogens (primary N) is 1. The normalized spacial score (nSPS) is 14.9. The van der Waals surface area contributed by atoms with Crippen LogP contribution in [-0.2, 0) is 22.6 Å². The minimum Gasteiger partial charge on any atom is -0.481 e. The largest absolute Gasteiger partial charge is 0.481 e. The lowest BCUT2D eigenvalue weighted by Crippen LogP contribution is -2.49. The number of nitrogens with zero attached hydrogens (tertiary/aromatic N) is 5. The minimum absolute atomic E-state index is 0.0691. The van der Waals surface area contributed by atoms with Crippen LogP contribution in [0.1, 0.15) is 38.4 Å². The molecule has 1 amide bonds. The maximum atomic E-state index is 12.2. The van der Waals surface area contributed by atoms with Crippen LogP contribution in [0.15, 0.2) is 24.3 Å². The van der Waals surface area contributed by atoms with E-state index in [-0.39, 0.29) is 18.7 Å². The number of carboxylic acid groups (broad SMARTS) is 1. The number of pyridine rings is 1. The first kappa shape index (κ1) is 23.0. The summed E-state index contributed by atoms with van der Waals surface area (Å²) in [5.74, 6) is 0.499. The number of imidazole rings is 1. The molecule has 0 aliphatic carbocycles. The van der Waals surface area contributed by atoms with Crippen LogP contribution >= 0.6 is 0 Å². The van der Waals surface area contributed by atoms with Crippen molar-refractivity contribution in [2.75, 3.05) is 38.5 Å². The number of carbonyl (C=O) groups is 2. The molecule has 9 nitrogen and oxygen atoms in total. The van der Waals surface area contributed by atoms with E-state index in [0.29, 0.717) is 18.9 Å². The lowest BCUT2D eigenvalue weighted by molar-refractivity contribution is -0.141. The van der Waals surface area contributed by atoms with E-state index in [9.17, 15) is 9.59 Å². The van der Waals surface area contributed by atoms with Gasteiger partial charge in [-0.3, -0.25) is 14.5 Å². The molecule has 3 heterocycles.